The molecule has 1 aromatic carbocycles. The minimum Gasteiger partial charge on any atom is -0.345 e. The van der Waals surface area contributed by atoms with Gasteiger partial charge in [0.1, 0.15) is 0 Å². The Hall–Kier alpha value is -1.97. The summed E-state index contributed by atoms with van der Waals surface area (Å²) in [7, 11) is 0. The van der Waals surface area contributed by atoms with Crippen LogP contribution in [0.4, 0.5) is 0 Å². The zero-order valence-electron chi connectivity index (χ0n) is 11.2. The summed E-state index contributed by atoms with van der Waals surface area (Å²) in [6.07, 6.45) is 2.31. The van der Waals surface area contributed by atoms with Crippen LogP contribution in [0, 0.1) is 0 Å². The number of rotatable bonds is 3. The maximum atomic E-state index is 11.6. The van der Waals surface area contributed by atoms with Gasteiger partial charge in [0.15, 0.2) is 11.6 Å². The number of carbonyl (C=O) groups excluding carboxylic acids is 3. The van der Waals surface area contributed by atoms with Crippen molar-refractivity contribution in [3.63, 3.8) is 0 Å². The van der Waals surface area contributed by atoms with E-state index in [0.29, 0.717) is 24.2 Å². The fourth-order valence-electron chi connectivity index (χ4n) is 2.48. The van der Waals surface area contributed by atoms with Gasteiger partial charge in [-0.25, -0.2) is 0 Å². The van der Waals surface area contributed by atoms with Crippen molar-refractivity contribution in [3.05, 3.63) is 34.4 Å². The fraction of sp³-hybridized carbons (Fsp3) is 0.400. The quantitative estimate of drug-likeness (QED) is 0.612. The highest BCUT2D eigenvalue weighted by molar-refractivity contribution is 6.07. The van der Waals surface area contributed by atoms with Crippen molar-refractivity contribution in [2.24, 2.45) is 0 Å². The van der Waals surface area contributed by atoms with Gasteiger partial charge in [-0.05, 0) is 49.9 Å². The van der Waals surface area contributed by atoms with Gasteiger partial charge in [-0.3, -0.25) is 14.4 Å². The van der Waals surface area contributed by atoms with Crippen molar-refractivity contribution in [3.8, 4) is 0 Å². The van der Waals surface area contributed by atoms with Crippen LogP contribution in [0.2, 0.25) is 0 Å². The number of Topliss-reactive ketones (excluding diaryl/α,β-unsaturated/α-hetero) is 2. The predicted molar refractivity (Wildman–Crippen MR) is 71.5 cm³/mol. The topological polar surface area (TPSA) is 54.5 Å². The van der Waals surface area contributed by atoms with Gasteiger partial charge in [-0.15, -0.1) is 0 Å². The van der Waals surface area contributed by atoms with Crippen LogP contribution in [-0.2, 0) is 17.6 Å². The van der Waals surface area contributed by atoms with E-state index in [1.807, 2.05) is 12.1 Å². The standard InChI is InChI=1S/C15H17NO3/c1-10(18)14-7-12-3-5-16(9-17)6-4-13(12)8-15(14)11(2)19/h7-9H,3-6H2,1-2H3. The zero-order chi connectivity index (χ0) is 14.0. The average molecular weight is 259 g/mol. The second-order valence-electron chi connectivity index (χ2n) is 4.92. The number of carbonyl (C=O) groups is 3. The lowest BCUT2D eigenvalue weighted by atomic mass is 9.92. The first-order chi connectivity index (χ1) is 9.02. The molecule has 0 aromatic heterocycles. The van der Waals surface area contributed by atoms with Crippen molar-refractivity contribution in [1.82, 2.24) is 4.90 Å². The third kappa shape index (κ3) is 2.72. The van der Waals surface area contributed by atoms with Crippen molar-refractivity contribution < 1.29 is 14.4 Å². The molecule has 0 unspecified atom stereocenters. The van der Waals surface area contributed by atoms with Crippen LogP contribution >= 0.6 is 0 Å². The van der Waals surface area contributed by atoms with Crippen LogP contribution in [0.15, 0.2) is 12.1 Å². The van der Waals surface area contributed by atoms with Gasteiger partial charge in [0, 0.05) is 24.2 Å². The molecule has 1 aliphatic heterocycles. The first-order valence-corrected chi connectivity index (χ1v) is 6.40. The average Bonchev–Trinajstić information content (AvgIpc) is 2.58. The summed E-state index contributed by atoms with van der Waals surface area (Å²) in [5.41, 5.74) is 3.12. The largest absolute Gasteiger partial charge is 0.345 e. The van der Waals surface area contributed by atoms with Crippen molar-refractivity contribution in [2.75, 3.05) is 13.1 Å². The molecule has 0 bridgehead atoms. The molecule has 0 saturated heterocycles. The fourth-order valence-corrected chi connectivity index (χ4v) is 2.48. The maximum absolute atomic E-state index is 11.6. The first-order valence-electron chi connectivity index (χ1n) is 6.40. The minimum atomic E-state index is -0.0931. The molecule has 2 rings (SSSR count). The number of benzene rings is 1. The Morgan fingerprint density at radius 3 is 1.74 bits per heavy atom. The van der Waals surface area contributed by atoms with Crippen LogP contribution < -0.4 is 0 Å². The van der Waals surface area contributed by atoms with Crippen LogP contribution in [0.3, 0.4) is 0 Å². The molecule has 0 aliphatic carbocycles. The molecule has 0 spiro atoms. The van der Waals surface area contributed by atoms with E-state index in [4.69, 9.17) is 0 Å². The second kappa shape index (κ2) is 5.34. The van der Waals surface area contributed by atoms with E-state index in [0.717, 1.165) is 30.4 Å². The molecular formula is C15H17NO3. The van der Waals surface area contributed by atoms with Gasteiger partial charge in [0.2, 0.25) is 6.41 Å². The van der Waals surface area contributed by atoms with Crippen molar-refractivity contribution in [1.29, 1.82) is 0 Å². The molecule has 1 heterocycles. The highest BCUT2D eigenvalue weighted by Gasteiger charge is 2.18. The molecular weight excluding hydrogens is 242 g/mol. The van der Waals surface area contributed by atoms with Crippen LogP contribution in [0.5, 0.6) is 0 Å². The summed E-state index contributed by atoms with van der Waals surface area (Å²) < 4.78 is 0. The molecule has 0 saturated carbocycles. The van der Waals surface area contributed by atoms with Crippen LogP contribution in [0.25, 0.3) is 0 Å². The predicted octanol–water partition coefficient (Wildman–Crippen LogP) is 1.65. The Morgan fingerprint density at radius 2 is 1.42 bits per heavy atom. The summed E-state index contributed by atoms with van der Waals surface area (Å²) in [6, 6.07) is 3.64. The summed E-state index contributed by atoms with van der Waals surface area (Å²) in [4.78, 5) is 35.8. The van der Waals surface area contributed by atoms with E-state index in [9.17, 15) is 14.4 Å². The SMILES string of the molecule is CC(=O)c1cc2c(cc1C(C)=O)CCN(C=O)CC2. The Morgan fingerprint density at radius 1 is 1.00 bits per heavy atom. The second-order valence-corrected chi connectivity index (χ2v) is 4.92. The third-order valence-electron chi connectivity index (χ3n) is 3.58. The highest BCUT2D eigenvalue weighted by atomic mass is 16.1. The lowest BCUT2D eigenvalue weighted by Gasteiger charge is -2.12. The van der Waals surface area contributed by atoms with E-state index in [2.05, 4.69) is 0 Å². The van der Waals surface area contributed by atoms with Crippen LogP contribution in [-0.4, -0.2) is 36.0 Å². The normalized spacial score (nSPS) is 14.5. The van der Waals surface area contributed by atoms with E-state index in [-0.39, 0.29) is 11.6 Å². The molecule has 100 valence electrons. The number of hydrogen-bond acceptors (Lipinski definition) is 3. The maximum Gasteiger partial charge on any atom is 0.209 e. The molecule has 0 atom stereocenters. The number of hydrogen-bond donors (Lipinski definition) is 0. The van der Waals surface area contributed by atoms with E-state index in [1.54, 1.807) is 4.90 Å². The first kappa shape index (κ1) is 13.5. The molecule has 4 heteroatoms. The van der Waals surface area contributed by atoms with Crippen molar-refractivity contribution in [2.45, 2.75) is 26.7 Å². The highest BCUT2D eigenvalue weighted by Crippen LogP contribution is 2.22. The molecule has 0 fully saturated rings. The summed E-state index contributed by atoms with van der Waals surface area (Å²) in [5, 5.41) is 0. The lowest BCUT2D eigenvalue weighted by molar-refractivity contribution is -0.118. The molecule has 1 aliphatic rings. The Bertz CT molecular complexity index is 504. The smallest absolute Gasteiger partial charge is 0.209 e. The molecule has 1 amide bonds. The van der Waals surface area contributed by atoms with E-state index in [1.165, 1.54) is 13.8 Å². The summed E-state index contributed by atoms with van der Waals surface area (Å²) in [5.74, 6) is -0.186. The molecule has 0 radical (unpaired) electrons. The molecule has 4 nitrogen and oxygen atoms in total. The zero-order valence-corrected chi connectivity index (χ0v) is 11.2. The molecule has 0 N–H and O–H groups in total. The summed E-state index contributed by atoms with van der Waals surface area (Å²) >= 11 is 0. The Balaban J connectivity index is 2.47. The molecule has 1 aromatic rings. The minimum absolute atomic E-state index is 0.0931. The summed E-state index contributed by atoms with van der Waals surface area (Å²) in [6.45, 7) is 4.27. The number of ketones is 2. The van der Waals surface area contributed by atoms with Gasteiger partial charge in [-0.1, -0.05) is 0 Å². The number of amides is 1. The Kier molecular flexibility index (Phi) is 3.79. The van der Waals surface area contributed by atoms with Crippen molar-refractivity contribution >= 4 is 18.0 Å². The Labute approximate surface area is 112 Å². The van der Waals surface area contributed by atoms with Gasteiger partial charge in [-0.2, -0.15) is 0 Å². The molecule has 19 heavy (non-hydrogen) atoms. The monoisotopic (exact) mass is 259 g/mol. The van der Waals surface area contributed by atoms with E-state index < -0.39 is 0 Å². The third-order valence-corrected chi connectivity index (χ3v) is 3.58. The van der Waals surface area contributed by atoms with E-state index >= 15 is 0 Å². The van der Waals surface area contributed by atoms with Crippen LogP contribution in [0.1, 0.15) is 45.7 Å². The number of fused-ring (bicyclic) bond motifs is 1. The van der Waals surface area contributed by atoms with Gasteiger partial charge < -0.3 is 4.90 Å². The number of nitrogens with zero attached hydrogens (tertiary/aromatic N) is 1. The lowest BCUT2D eigenvalue weighted by Crippen LogP contribution is -2.24. The van der Waals surface area contributed by atoms with Gasteiger partial charge >= 0.3 is 0 Å². The van der Waals surface area contributed by atoms with Gasteiger partial charge in [0.25, 0.3) is 0 Å². The van der Waals surface area contributed by atoms with Gasteiger partial charge in [0.05, 0.1) is 0 Å².